The van der Waals surface area contributed by atoms with Crippen LogP contribution in [0, 0.1) is 10.1 Å². The summed E-state index contributed by atoms with van der Waals surface area (Å²) in [6, 6.07) is 19.7. The monoisotopic (exact) mass is 489 g/mol. The predicted octanol–water partition coefficient (Wildman–Crippen LogP) is 4.68. The molecule has 9 nitrogen and oxygen atoms in total. The van der Waals surface area contributed by atoms with Gasteiger partial charge in [0.1, 0.15) is 0 Å². The minimum atomic E-state index is -0.597. The van der Waals surface area contributed by atoms with Crippen LogP contribution in [0.4, 0.5) is 11.4 Å². The van der Waals surface area contributed by atoms with E-state index >= 15 is 0 Å². The van der Waals surface area contributed by atoms with E-state index in [1.54, 1.807) is 35.1 Å². The van der Waals surface area contributed by atoms with Crippen LogP contribution in [0.3, 0.4) is 0 Å². The number of rotatable bonds is 8. The number of nitro benzene ring substituents is 1. The second kappa shape index (κ2) is 10.6. The van der Waals surface area contributed by atoms with Crippen molar-refractivity contribution in [3.63, 3.8) is 0 Å². The fourth-order valence-corrected chi connectivity index (χ4v) is 3.77. The van der Waals surface area contributed by atoms with E-state index in [4.69, 9.17) is 11.6 Å². The molecular formula is C25H20ClN5O4. The van der Waals surface area contributed by atoms with Gasteiger partial charge < -0.3 is 10.6 Å². The average molecular weight is 490 g/mol. The molecule has 4 rings (SSSR count). The molecule has 0 aliphatic heterocycles. The van der Waals surface area contributed by atoms with Gasteiger partial charge in [0, 0.05) is 31.1 Å². The van der Waals surface area contributed by atoms with Crippen molar-refractivity contribution < 1.29 is 14.5 Å². The van der Waals surface area contributed by atoms with Gasteiger partial charge in [0.15, 0.2) is 0 Å². The van der Waals surface area contributed by atoms with Crippen molar-refractivity contribution in [3.8, 4) is 0 Å². The molecule has 0 spiro atoms. The number of benzene rings is 3. The Bertz CT molecular complexity index is 1390. The molecule has 2 N–H and O–H groups in total. The van der Waals surface area contributed by atoms with Crippen molar-refractivity contribution in [2.24, 2.45) is 0 Å². The number of hydrogen-bond acceptors (Lipinski definition) is 5. The van der Waals surface area contributed by atoms with Crippen LogP contribution >= 0.6 is 11.6 Å². The highest BCUT2D eigenvalue weighted by Gasteiger charge is 2.18. The number of para-hydroxylation sites is 1. The van der Waals surface area contributed by atoms with Gasteiger partial charge in [-0.05, 0) is 35.4 Å². The van der Waals surface area contributed by atoms with Gasteiger partial charge in [0.2, 0.25) is 0 Å². The Labute approximate surface area is 205 Å². The summed E-state index contributed by atoms with van der Waals surface area (Å²) in [7, 11) is 0. The maximum absolute atomic E-state index is 13.0. The Hall–Kier alpha value is -4.50. The molecule has 0 unspecified atom stereocenters. The van der Waals surface area contributed by atoms with E-state index in [0.29, 0.717) is 6.54 Å². The molecule has 10 heteroatoms. The van der Waals surface area contributed by atoms with Crippen molar-refractivity contribution in [3.05, 3.63) is 123 Å². The summed E-state index contributed by atoms with van der Waals surface area (Å²) >= 11 is 6.07. The third kappa shape index (κ3) is 5.71. The highest BCUT2D eigenvalue weighted by Crippen LogP contribution is 2.24. The topological polar surface area (TPSA) is 119 Å². The van der Waals surface area contributed by atoms with Crippen LogP contribution in [0.25, 0.3) is 0 Å². The first-order chi connectivity index (χ1) is 16.9. The minimum Gasteiger partial charge on any atom is -0.348 e. The maximum atomic E-state index is 13.0. The molecule has 0 aliphatic rings. The summed E-state index contributed by atoms with van der Waals surface area (Å²) < 4.78 is 1.80. The Morgan fingerprint density at radius 1 is 0.943 bits per heavy atom. The van der Waals surface area contributed by atoms with Crippen molar-refractivity contribution in [2.45, 2.75) is 13.1 Å². The number of nitrogens with zero attached hydrogens (tertiary/aromatic N) is 3. The summed E-state index contributed by atoms with van der Waals surface area (Å²) in [6.45, 7) is 0.856. The van der Waals surface area contributed by atoms with E-state index in [0.717, 1.165) is 17.2 Å². The Morgan fingerprint density at radius 2 is 1.69 bits per heavy atom. The molecule has 3 aromatic carbocycles. The Morgan fingerprint density at radius 3 is 2.40 bits per heavy atom. The van der Waals surface area contributed by atoms with Crippen molar-refractivity contribution in [2.75, 3.05) is 5.32 Å². The highest BCUT2D eigenvalue weighted by atomic mass is 35.5. The van der Waals surface area contributed by atoms with Gasteiger partial charge in [-0.15, -0.1) is 0 Å². The number of carbonyl (C=O) groups excluding carboxylic acids is 2. The molecule has 1 aromatic heterocycles. The lowest BCUT2D eigenvalue weighted by Crippen LogP contribution is -2.25. The van der Waals surface area contributed by atoms with Gasteiger partial charge in [-0.25, -0.2) is 0 Å². The number of hydrogen-bond donors (Lipinski definition) is 2. The molecule has 0 fully saturated rings. The Kier molecular flexibility index (Phi) is 7.18. The average Bonchev–Trinajstić information content (AvgIpc) is 3.36. The molecule has 4 aromatic rings. The summed E-state index contributed by atoms with van der Waals surface area (Å²) in [5.41, 5.74) is 2.35. The lowest BCUT2D eigenvalue weighted by Gasteiger charge is -2.14. The van der Waals surface area contributed by atoms with Crippen LogP contribution < -0.4 is 10.6 Å². The number of non-ortho nitro benzene ring substituents is 1. The van der Waals surface area contributed by atoms with Gasteiger partial charge in [0.05, 0.1) is 33.3 Å². The molecule has 1 heterocycles. The summed E-state index contributed by atoms with van der Waals surface area (Å²) in [5, 5.41) is 20.6. The summed E-state index contributed by atoms with van der Waals surface area (Å²) in [4.78, 5) is 36.1. The molecule has 0 saturated heterocycles. The zero-order valence-corrected chi connectivity index (χ0v) is 19.1. The van der Waals surface area contributed by atoms with Crippen molar-refractivity contribution in [1.82, 2.24) is 15.1 Å². The number of nitro groups is 1. The van der Waals surface area contributed by atoms with E-state index < -0.39 is 10.8 Å². The molecule has 35 heavy (non-hydrogen) atoms. The minimum absolute atomic E-state index is 0.0556. The number of amides is 2. The number of nitrogens with one attached hydrogen (secondary N) is 2. The first-order valence-corrected chi connectivity index (χ1v) is 11.0. The third-order valence-electron chi connectivity index (χ3n) is 5.28. The van der Waals surface area contributed by atoms with Crippen LogP contribution in [0.2, 0.25) is 5.02 Å². The molecule has 2 amide bonds. The lowest BCUT2D eigenvalue weighted by atomic mass is 10.1. The van der Waals surface area contributed by atoms with Crippen molar-refractivity contribution in [1.29, 1.82) is 0 Å². The van der Waals surface area contributed by atoms with E-state index in [1.807, 2.05) is 36.5 Å². The standard InChI is InChI=1S/C25H20ClN5O4/c26-22-14-19(31(34)35)10-11-20(22)25(33)29-23-9-4-3-8-21(23)24(32)27-15-17-6-1-2-7-18(17)16-30-13-5-12-28-30/h1-14H,15-16H2,(H,27,32)(H,29,33). The van der Waals surface area contributed by atoms with Gasteiger partial charge in [-0.3, -0.25) is 24.4 Å². The van der Waals surface area contributed by atoms with E-state index in [-0.39, 0.29) is 40.0 Å². The van der Waals surface area contributed by atoms with Gasteiger partial charge in [-0.2, -0.15) is 5.10 Å². The lowest BCUT2D eigenvalue weighted by molar-refractivity contribution is -0.384. The van der Waals surface area contributed by atoms with Crippen LogP contribution in [-0.4, -0.2) is 26.5 Å². The zero-order chi connectivity index (χ0) is 24.8. The molecule has 0 bridgehead atoms. The number of halogens is 1. The first kappa shape index (κ1) is 23.7. The van der Waals surface area contributed by atoms with Crippen LogP contribution in [-0.2, 0) is 13.1 Å². The highest BCUT2D eigenvalue weighted by molar-refractivity contribution is 6.34. The van der Waals surface area contributed by atoms with Gasteiger partial charge in [-0.1, -0.05) is 48.0 Å². The number of aromatic nitrogens is 2. The first-order valence-electron chi connectivity index (χ1n) is 10.6. The second-order valence-electron chi connectivity index (χ2n) is 7.58. The van der Waals surface area contributed by atoms with Crippen molar-refractivity contribution >= 4 is 34.8 Å². The fraction of sp³-hybridized carbons (Fsp3) is 0.0800. The maximum Gasteiger partial charge on any atom is 0.270 e. The summed E-state index contributed by atoms with van der Waals surface area (Å²) in [5.74, 6) is -0.959. The molecule has 176 valence electrons. The molecule has 0 saturated carbocycles. The molecule has 0 radical (unpaired) electrons. The SMILES string of the molecule is O=C(Nc1ccccc1C(=O)NCc1ccccc1Cn1cccn1)c1ccc([N+](=O)[O-])cc1Cl. The molecule has 0 aliphatic carbocycles. The largest absolute Gasteiger partial charge is 0.348 e. The predicted molar refractivity (Wildman–Crippen MR) is 131 cm³/mol. The van der Waals surface area contributed by atoms with E-state index in [9.17, 15) is 19.7 Å². The van der Waals surface area contributed by atoms with Gasteiger partial charge >= 0.3 is 0 Å². The normalized spacial score (nSPS) is 10.5. The molecular weight excluding hydrogens is 470 g/mol. The smallest absolute Gasteiger partial charge is 0.270 e. The quantitative estimate of drug-likeness (QED) is 0.275. The van der Waals surface area contributed by atoms with Crippen LogP contribution in [0.15, 0.2) is 85.2 Å². The third-order valence-corrected chi connectivity index (χ3v) is 5.59. The van der Waals surface area contributed by atoms with E-state index in [2.05, 4.69) is 15.7 Å². The van der Waals surface area contributed by atoms with Gasteiger partial charge in [0.25, 0.3) is 17.5 Å². The van der Waals surface area contributed by atoms with E-state index in [1.165, 1.54) is 12.1 Å². The van der Waals surface area contributed by atoms with Crippen LogP contribution in [0.5, 0.6) is 0 Å². The molecule has 0 atom stereocenters. The number of carbonyl (C=O) groups is 2. The zero-order valence-electron chi connectivity index (χ0n) is 18.3. The summed E-state index contributed by atoms with van der Waals surface area (Å²) in [6.07, 6.45) is 3.57. The second-order valence-corrected chi connectivity index (χ2v) is 7.98. The number of anilines is 1. The Balaban J connectivity index is 1.47. The van der Waals surface area contributed by atoms with Crippen LogP contribution in [0.1, 0.15) is 31.8 Å². The fourth-order valence-electron chi connectivity index (χ4n) is 3.50.